The molecule has 0 bridgehead atoms. The van der Waals surface area contributed by atoms with Gasteiger partial charge in [0, 0.05) is 29.2 Å². The monoisotopic (exact) mass is 468 g/mol. The van der Waals surface area contributed by atoms with Gasteiger partial charge in [-0.3, -0.25) is 14.4 Å². The summed E-state index contributed by atoms with van der Waals surface area (Å²) in [5.74, 6) is -0.662. The fourth-order valence-electron chi connectivity index (χ4n) is 3.31. The van der Waals surface area contributed by atoms with Crippen LogP contribution in [0.2, 0.25) is 0 Å². The smallest absolute Gasteiger partial charge is 0.291 e. The molecule has 4 aromatic rings. The number of hydrogen-bond donors (Lipinski definition) is 4. The van der Waals surface area contributed by atoms with Crippen molar-refractivity contribution < 1.29 is 18.8 Å². The Morgan fingerprint density at radius 1 is 0.686 bits per heavy atom. The first-order valence-corrected chi connectivity index (χ1v) is 11.0. The van der Waals surface area contributed by atoms with E-state index in [2.05, 4.69) is 21.3 Å². The highest BCUT2D eigenvalue weighted by Gasteiger charge is 2.10. The second-order valence-corrected chi connectivity index (χ2v) is 7.66. The molecule has 8 heteroatoms. The number of amides is 3. The van der Waals surface area contributed by atoms with Gasteiger partial charge in [0.05, 0.1) is 12.8 Å². The molecule has 35 heavy (non-hydrogen) atoms. The van der Waals surface area contributed by atoms with Crippen LogP contribution in [0, 0.1) is 0 Å². The summed E-state index contributed by atoms with van der Waals surface area (Å²) in [6, 6.07) is 26.6. The molecule has 3 amide bonds. The van der Waals surface area contributed by atoms with Crippen molar-refractivity contribution in [3.05, 3.63) is 114 Å². The fraction of sp³-hybridized carbons (Fsp3) is 0.0741. The molecule has 0 spiro atoms. The molecule has 0 unspecified atom stereocenters. The number of benzene rings is 3. The van der Waals surface area contributed by atoms with Crippen LogP contribution < -0.4 is 21.3 Å². The van der Waals surface area contributed by atoms with Gasteiger partial charge in [0.1, 0.15) is 0 Å². The van der Waals surface area contributed by atoms with Crippen molar-refractivity contribution in [3.63, 3.8) is 0 Å². The van der Waals surface area contributed by atoms with Gasteiger partial charge in [-0.15, -0.1) is 0 Å². The first-order chi connectivity index (χ1) is 17.1. The van der Waals surface area contributed by atoms with Gasteiger partial charge in [-0.2, -0.15) is 0 Å². The molecular formula is C27H24N4O4. The van der Waals surface area contributed by atoms with Crippen LogP contribution in [0.4, 0.5) is 17.1 Å². The van der Waals surface area contributed by atoms with E-state index >= 15 is 0 Å². The van der Waals surface area contributed by atoms with E-state index < -0.39 is 0 Å². The number of rotatable bonds is 9. The maximum Gasteiger partial charge on any atom is 0.291 e. The Morgan fingerprint density at radius 3 is 2.20 bits per heavy atom. The van der Waals surface area contributed by atoms with Crippen molar-refractivity contribution in [1.29, 1.82) is 0 Å². The Labute approximate surface area is 202 Å². The third kappa shape index (κ3) is 6.82. The third-order valence-electron chi connectivity index (χ3n) is 5.02. The average molecular weight is 469 g/mol. The van der Waals surface area contributed by atoms with Crippen LogP contribution in [0.3, 0.4) is 0 Å². The minimum absolute atomic E-state index is 0.0000148. The normalized spacial score (nSPS) is 10.3. The lowest BCUT2D eigenvalue weighted by molar-refractivity contribution is -0.114. The molecule has 1 heterocycles. The zero-order valence-corrected chi connectivity index (χ0v) is 18.8. The molecule has 0 saturated heterocycles. The van der Waals surface area contributed by atoms with E-state index in [0.29, 0.717) is 29.2 Å². The highest BCUT2D eigenvalue weighted by atomic mass is 16.3. The molecule has 0 fully saturated rings. The summed E-state index contributed by atoms with van der Waals surface area (Å²) in [5.41, 5.74) is 3.19. The van der Waals surface area contributed by atoms with Gasteiger partial charge in [0.15, 0.2) is 5.76 Å². The van der Waals surface area contributed by atoms with E-state index in [-0.39, 0.29) is 30.0 Å². The van der Waals surface area contributed by atoms with E-state index in [1.807, 2.05) is 30.3 Å². The first kappa shape index (κ1) is 23.3. The lowest BCUT2D eigenvalue weighted by Crippen LogP contribution is -2.24. The van der Waals surface area contributed by atoms with Crippen molar-refractivity contribution in [2.24, 2.45) is 0 Å². The number of carbonyl (C=O) groups excluding carboxylic acids is 3. The lowest BCUT2D eigenvalue weighted by atomic mass is 10.1. The van der Waals surface area contributed by atoms with E-state index in [9.17, 15) is 14.4 Å². The largest absolute Gasteiger partial charge is 0.459 e. The Balaban J connectivity index is 1.28. The van der Waals surface area contributed by atoms with Crippen molar-refractivity contribution in [3.8, 4) is 0 Å². The van der Waals surface area contributed by atoms with E-state index in [1.54, 1.807) is 60.7 Å². The molecule has 0 aliphatic carbocycles. The van der Waals surface area contributed by atoms with Gasteiger partial charge in [-0.1, -0.05) is 42.5 Å². The van der Waals surface area contributed by atoms with Crippen molar-refractivity contribution in [2.75, 3.05) is 22.5 Å². The van der Waals surface area contributed by atoms with Gasteiger partial charge in [-0.25, -0.2) is 0 Å². The number of hydrogen-bond acceptors (Lipinski definition) is 5. The van der Waals surface area contributed by atoms with Gasteiger partial charge < -0.3 is 25.7 Å². The zero-order chi connectivity index (χ0) is 24.5. The summed E-state index contributed by atoms with van der Waals surface area (Å²) < 4.78 is 5.08. The molecule has 4 rings (SSSR count). The molecule has 0 radical (unpaired) electrons. The second kappa shape index (κ2) is 11.3. The summed E-state index contributed by atoms with van der Waals surface area (Å²) in [6.07, 6.45) is 1.43. The molecule has 3 aromatic carbocycles. The minimum atomic E-state index is -0.363. The maximum absolute atomic E-state index is 12.5. The van der Waals surface area contributed by atoms with Crippen LogP contribution in [0.15, 0.2) is 102 Å². The molecule has 0 atom stereocenters. The number of carbonyl (C=O) groups is 3. The predicted molar refractivity (Wildman–Crippen MR) is 134 cm³/mol. The molecule has 0 saturated carbocycles. The number of nitrogens with one attached hydrogen (secondary N) is 4. The Bertz CT molecular complexity index is 1300. The summed E-state index contributed by atoms with van der Waals surface area (Å²) in [4.78, 5) is 37.0. The SMILES string of the molecule is O=C(CNc1cccc(NC(=O)c2ccco2)c1)Nc1cccc(C(=O)NCc2ccccc2)c1. The molecule has 4 N–H and O–H groups in total. The summed E-state index contributed by atoms with van der Waals surface area (Å²) in [5, 5.41) is 11.4. The van der Waals surface area contributed by atoms with Gasteiger partial charge >= 0.3 is 0 Å². The third-order valence-corrected chi connectivity index (χ3v) is 5.02. The van der Waals surface area contributed by atoms with Crippen molar-refractivity contribution in [2.45, 2.75) is 6.54 Å². The summed E-state index contributed by atoms with van der Waals surface area (Å²) in [7, 11) is 0. The molecule has 1 aromatic heterocycles. The summed E-state index contributed by atoms with van der Waals surface area (Å²) >= 11 is 0. The second-order valence-electron chi connectivity index (χ2n) is 7.66. The molecule has 0 aliphatic rings. The zero-order valence-electron chi connectivity index (χ0n) is 18.8. The number of anilines is 3. The lowest BCUT2D eigenvalue weighted by Gasteiger charge is -2.11. The first-order valence-electron chi connectivity index (χ1n) is 11.0. The maximum atomic E-state index is 12.5. The average Bonchev–Trinajstić information content (AvgIpc) is 3.43. The topological polar surface area (TPSA) is 112 Å². The van der Waals surface area contributed by atoms with Crippen LogP contribution >= 0.6 is 0 Å². The van der Waals surface area contributed by atoms with Gasteiger partial charge in [-0.05, 0) is 54.1 Å². The Hall–Kier alpha value is -4.85. The van der Waals surface area contributed by atoms with E-state index in [4.69, 9.17) is 4.42 Å². The highest BCUT2D eigenvalue weighted by Crippen LogP contribution is 2.17. The molecule has 8 nitrogen and oxygen atoms in total. The van der Waals surface area contributed by atoms with Crippen molar-refractivity contribution >= 4 is 34.8 Å². The van der Waals surface area contributed by atoms with Gasteiger partial charge in [0.25, 0.3) is 11.8 Å². The van der Waals surface area contributed by atoms with E-state index in [0.717, 1.165) is 5.56 Å². The van der Waals surface area contributed by atoms with Gasteiger partial charge in [0.2, 0.25) is 5.91 Å². The molecule has 0 aliphatic heterocycles. The molecular weight excluding hydrogens is 444 g/mol. The fourth-order valence-corrected chi connectivity index (χ4v) is 3.31. The quantitative estimate of drug-likeness (QED) is 0.289. The minimum Gasteiger partial charge on any atom is -0.459 e. The van der Waals surface area contributed by atoms with E-state index in [1.165, 1.54) is 6.26 Å². The van der Waals surface area contributed by atoms with Crippen LogP contribution in [0.25, 0.3) is 0 Å². The Kier molecular flexibility index (Phi) is 7.55. The summed E-state index contributed by atoms with van der Waals surface area (Å²) in [6.45, 7) is 0.418. The highest BCUT2D eigenvalue weighted by molar-refractivity contribution is 6.02. The predicted octanol–water partition coefficient (Wildman–Crippen LogP) is 4.51. The van der Waals surface area contributed by atoms with Crippen LogP contribution in [0.1, 0.15) is 26.5 Å². The van der Waals surface area contributed by atoms with Crippen molar-refractivity contribution in [1.82, 2.24) is 5.32 Å². The van der Waals surface area contributed by atoms with Crippen LogP contribution in [0.5, 0.6) is 0 Å². The van der Waals surface area contributed by atoms with Crippen LogP contribution in [-0.4, -0.2) is 24.3 Å². The standard InChI is InChI=1S/C27H24N4O4/c32-25(18-28-21-10-5-12-23(16-21)31-27(34)24-13-6-14-35-24)30-22-11-4-9-20(15-22)26(33)29-17-19-7-2-1-3-8-19/h1-16,28H,17-18H2,(H,29,33)(H,30,32)(H,31,34). The van der Waals surface area contributed by atoms with Crippen LogP contribution in [-0.2, 0) is 11.3 Å². The number of furan rings is 1. The Morgan fingerprint density at radius 2 is 1.43 bits per heavy atom. The molecule has 176 valence electrons.